The van der Waals surface area contributed by atoms with E-state index in [4.69, 9.17) is 0 Å². The van der Waals surface area contributed by atoms with Crippen LogP contribution in [-0.2, 0) is 17.0 Å². The summed E-state index contributed by atoms with van der Waals surface area (Å²) in [4.78, 5) is 4.95. The SMILES string of the molecule is CN(C)CCCN1c2ccccc2S(=O)c2ccc(C(F)(F)F)cc21. The molecule has 0 amide bonds. The standard InChI is InChI=1S/C18H19F3N2OS/c1-22(2)10-5-11-23-14-6-3-4-7-16(14)25(24)17-9-8-13(12-15(17)23)18(19,20)21/h3-4,6-9,12H,5,10-11H2,1-2H3. The van der Waals surface area contributed by atoms with Gasteiger partial charge in [-0.1, -0.05) is 12.1 Å². The predicted molar refractivity (Wildman–Crippen MR) is 92.7 cm³/mol. The molecule has 1 aliphatic rings. The zero-order chi connectivity index (χ0) is 18.2. The number of fused-ring (bicyclic) bond motifs is 2. The average Bonchev–Trinajstić information content (AvgIpc) is 2.56. The van der Waals surface area contributed by atoms with Gasteiger partial charge in [-0.3, -0.25) is 0 Å². The van der Waals surface area contributed by atoms with E-state index in [1.165, 1.54) is 6.07 Å². The summed E-state index contributed by atoms with van der Waals surface area (Å²) < 4.78 is 52.2. The normalized spacial score (nSPS) is 16.7. The second-order valence-electron chi connectivity index (χ2n) is 6.23. The fraction of sp³-hybridized carbons (Fsp3) is 0.333. The summed E-state index contributed by atoms with van der Waals surface area (Å²) in [5.41, 5.74) is 0.372. The molecule has 2 aromatic rings. The number of anilines is 2. The van der Waals surface area contributed by atoms with E-state index in [0.717, 1.165) is 25.1 Å². The van der Waals surface area contributed by atoms with Crippen LogP contribution in [0, 0.1) is 0 Å². The predicted octanol–water partition coefficient (Wildman–Crippen LogP) is 4.28. The third-order valence-electron chi connectivity index (χ3n) is 4.12. The van der Waals surface area contributed by atoms with Crippen molar-refractivity contribution in [3.63, 3.8) is 0 Å². The van der Waals surface area contributed by atoms with E-state index in [1.807, 2.05) is 36.0 Å². The molecular weight excluding hydrogens is 349 g/mol. The lowest BCUT2D eigenvalue weighted by Gasteiger charge is -2.33. The minimum absolute atomic E-state index is 0.380. The van der Waals surface area contributed by atoms with E-state index in [1.54, 1.807) is 12.1 Å². The first-order chi connectivity index (χ1) is 11.8. The van der Waals surface area contributed by atoms with Gasteiger partial charge in [0, 0.05) is 6.54 Å². The molecule has 3 nitrogen and oxygen atoms in total. The van der Waals surface area contributed by atoms with Gasteiger partial charge in [-0.2, -0.15) is 13.2 Å². The van der Waals surface area contributed by atoms with Crippen molar-refractivity contribution in [2.24, 2.45) is 0 Å². The molecule has 1 unspecified atom stereocenters. The van der Waals surface area contributed by atoms with Crippen LogP contribution in [0.1, 0.15) is 12.0 Å². The van der Waals surface area contributed by atoms with Crippen LogP contribution in [0.5, 0.6) is 0 Å². The van der Waals surface area contributed by atoms with Gasteiger partial charge in [0.25, 0.3) is 0 Å². The number of benzene rings is 2. The second kappa shape index (κ2) is 6.80. The van der Waals surface area contributed by atoms with E-state index in [2.05, 4.69) is 0 Å². The zero-order valence-corrected chi connectivity index (χ0v) is 14.8. The van der Waals surface area contributed by atoms with Crippen molar-refractivity contribution >= 4 is 22.2 Å². The third kappa shape index (κ3) is 3.57. The molecule has 1 heterocycles. The van der Waals surface area contributed by atoms with Crippen molar-refractivity contribution in [1.29, 1.82) is 0 Å². The highest BCUT2D eigenvalue weighted by Crippen LogP contribution is 2.44. The Morgan fingerprint density at radius 1 is 1.04 bits per heavy atom. The molecular formula is C18H19F3N2OS. The van der Waals surface area contributed by atoms with Crippen LogP contribution >= 0.6 is 0 Å². The van der Waals surface area contributed by atoms with Crippen LogP contribution in [-0.4, -0.2) is 36.3 Å². The maximum absolute atomic E-state index is 13.1. The summed E-state index contributed by atoms with van der Waals surface area (Å²) in [6.07, 6.45) is -3.65. The minimum Gasteiger partial charge on any atom is -0.339 e. The first kappa shape index (κ1) is 17.9. The number of rotatable bonds is 4. The van der Waals surface area contributed by atoms with E-state index < -0.39 is 22.5 Å². The van der Waals surface area contributed by atoms with Crippen molar-refractivity contribution in [2.75, 3.05) is 32.1 Å². The largest absolute Gasteiger partial charge is 0.416 e. The molecule has 2 aromatic carbocycles. The Morgan fingerprint density at radius 3 is 2.40 bits per heavy atom. The minimum atomic E-state index is -4.43. The molecule has 0 aromatic heterocycles. The number of halogens is 3. The van der Waals surface area contributed by atoms with Crippen LogP contribution < -0.4 is 4.90 Å². The maximum atomic E-state index is 13.1. The lowest BCUT2D eigenvalue weighted by molar-refractivity contribution is -0.137. The first-order valence-electron chi connectivity index (χ1n) is 7.93. The van der Waals surface area contributed by atoms with Crippen LogP contribution in [0.2, 0.25) is 0 Å². The Hall–Kier alpha value is -1.86. The van der Waals surface area contributed by atoms with Gasteiger partial charge in [0.15, 0.2) is 0 Å². The van der Waals surface area contributed by atoms with Crippen LogP contribution in [0.4, 0.5) is 24.5 Å². The van der Waals surface area contributed by atoms with Crippen molar-refractivity contribution in [2.45, 2.75) is 22.4 Å². The van der Waals surface area contributed by atoms with Crippen LogP contribution in [0.15, 0.2) is 52.3 Å². The molecule has 0 aliphatic carbocycles. The highest BCUT2D eigenvalue weighted by atomic mass is 32.2. The van der Waals surface area contributed by atoms with Crippen LogP contribution in [0.3, 0.4) is 0 Å². The molecule has 25 heavy (non-hydrogen) atoms. The quantitative estimate of drug-likeness (QED) is 0.805. The Morgan fingerprint density at radius 2 is 1.72 bits per heavy atom. The molecule has 0 fully saturated rings. The third-order valence-corrected chi connectivity index (χ3v) is 5.61. The van der Waals surface area contributed by atoms with E-state index in [-0.39, 0.29) is 0 Å². The van der Waals surface area contributed by atoms with Gasteiger partial charge in [-0.25, -0.2) is 4.21 Å². The highest BCUT2D eigenvalue weighted by molar-refractivity contribution is 7.85. The Balaban J connectivity index is 2.07. The summed E-state index contributed by atoms with van der Waals surface area (Å²) in [7, 11) is 2.43. The average molecular weight is 368 g/mol. The smallest absolute Gasteiger partial charge is 0.339 e. The molecule has 0 N–H and O–H groups in total. The highest BCUT2D eigenvalue weighted by Gasteiger charge is 2.34. The fourth-order valence-corrected chi connectivity index (χ4v) is 4.29. The second-order valence-corrected chi connectivity index (χ2v) is 7.64. The lowest BCUT2D eigenvalue weighted by atomic mass is 10.1. The van der Waals surface area contributed by atoms with Gasteiger partial charge in [0.05, 0.1) is 37.5 Å². The monoisotopic (exact) mass is 368 g/mol. The summed E-state index contributed by atoms with van der Waals surface area (Å²) in [6.45, 7) is 1.37. The van der Waals surface area contributed by atoms with E-state index in [9.17, 15) is 17.4 Å². The topological polar surface area (TPSA) is 23.6 Å². The van der Waals surface area contributed by atoms with Gasteiger partial charge in [-0.15, -0.1) is 0 Å². The molecule has 0 saturated heterocycles. The fourth-order valence-electron chi connectivity index (χ4n) is 2.93. The Labute approximate surface area is 147 Å². The molecule has 3 rings (SSSR count). The molecule has 1 aliphatic heterocycles. The summed E-state index contributed by atoms with van der Waals surface area (Å²) in [5, 5.41) is 0. The molecule has 0 spiro atoms. The number of hydrogen-bond donors (Lipinski definition) is 0. The van der Waals surface area contributed by atoms with Gasteiger partial charge in [0.1, 0.15) is 0 Å². The number of hydrogen-bond acceptors (Lipinski definition) is 3. The maximum Gasteiger partial charge on any atom is 0.416 e. The van der Waals surface area contributed by atoms with Crippen LogP contribution in [0.25, 0.3) is 0 Å². The molecule has 0 saturated carbocycles. The molecule has 0 bridgehead atoms. The number of nitrogens with zero attached hydrogens (tertiary/aromatic N) is 2. The van der Waals surface area contributed by atoms with E-state index >= 15 is 0 Å². The molecule has 0 radical (unpaired) electrons. The first-order valence-corrected chi connectivity index (χ1v) is 9.08. The van der Waals surface area contributed by atoms with Gasteiger partial charge >= 0.3 is 6.18 Å². The van der Waals surface area contributed by atoms with Gasteiger partial charge in [-0.05, 0) is 57.4 Å². The van der Waals surface area contributed by atoms with Crippen molar-refractivity contribution in [1.82, 2.24) is 4.90 Å². The van der Waals surface area contributed by atoms with Crippen molar-refractivity contribution in [3.8, 4) is 0 Å². The van der Waals surface area contributed by atoms with Crippen molar-refractivity contribution < 1.29 is 17.4 Å². The van der Waals surface area contributed by atoms with Gasteiger partial charge in [0.2, 0.25) is 0 Å². The van der Waals surface area contributed by atoms with Crippen molar-refractivity contribution in [3.05, 3.63) is 48.0 Å². The lowest BCUT2D eigenvalue weighted by Crippen LogP contribution is -2.28. The summed E-state index contributed by atoms with van der Waals surface area (Å²) in [6, 6.07) is 10.6. The summed E-state index contributed by atoms with van der Waals surface area (Å²) in [5.74, 6) is 0. The Bertz CT molecular complexity index is 805. The molecule has 134 valence electrons. The molecule has 7 heteroatoms. The zero-order valence-electron chi connectivity index (χ0n) is 14.0. The summed E-state index contributed by atoms with van der Waals surface area (Å²) >= 11 is 0. The number of alkyl halides is 3. The Kier molecular flexibility index (Phi) is 4.88. The molecule has 1 atom stereocenters. The number of para-hydroxylation sites is 1. The van der Waals surface area contributed by atoms with Gasteiger partial charge < -0.3 is 9.80 Å². The van der Waals surface area contributed by atoms with E-state index in [0.29, 0.717) is 27.7 Å².